The summed E-state index contributed by atoms with van der Waals surface area (Å²) in [6.45, 7) is 3.03. The fourth-order valence-electron chi connectivity index (χ4n) is 0.376. The van der Waals surface area contributed by atoms with Gasteiger partial charge in [0.1, 0.15) is 6.26 Å². The van der Waals surface area contributed by atoms with E-state index in [-0.39, 0.29) is 0 Å². The maximum absolute atomic E-state index is 9.45. The maximum Gasteiger partial charge on any atom is 0.746 e. The van der Waals surface area contributed by atoms with Crippen molar-refractivity contribution >= 4 is 8.25 Å². The van der Waals surface area contributed by atoms with Gasteiger partial charge in [0, 0.05) is 17.0 Å². The molecule has 1 aromatic heterocycles. The molecular weight excluding hydrogens is 177 g/mol. The zero-order valence-electron chi connectivity index (χ0n) is 6.33. The van der Waals surface area contributed by atoms with Crippen molar-refractivity contribution in [2.24, 2.45) is 0 Å². The number of aromatic nitrogens is 1. The van der Waals surface area contributed by atoms with E-state index in [9.17, 15) is 4.57 Å². The average molecular weight is 186 g/mol. The summed E-state index contributed by atoms with van der Waals surface area (Å²) >= 11 is 0. The Labute approximate surface area is 71.5 Å². The molecule has 1 unspecified atom stereocenters. The van der Waals surface area contributed by atoms with E-state index in [0.717, 1.165) is 6.26 Å². The van der Waals surface area contributed by atoms with E-state index in [1.54, 1.807) is 12.4 Å². The molecule has 0 aliphatic rings. The fraction of sp³-hybridized carbons (Fsp3) is 0. The van der Waals surface area contributed by atoms with Gasteiger partial charge in [-0.2, -0.15) is 0 Å². The van der Waals surface area contributed by atoms with Gasteiger partial charge in [-0.05, 0) is 12.1 Å². The van der Waals surface area contributed by atoms with Gasteiger partial charge in [0.15, 0.2) is 0 Å². The molecule has 0 amide bonds. The molecule has 1 aromatic rings. The first-order chi connectivity index (χ1) is 5.77. The Morgan fingerprint density at radius 2 is 2.00 bits per heavy atom. The molecule has 4 nitrogen and oxygen atoms in total. The van der Waals surface area contributed by atoms with Crippen LogP contribution in [-0.2, 0) is 9.09 Å². The number of nitrogens with zero attached hydrogens (tertiary/aromatic N) is 1. The van der Waals surface area contributed by atoms with Gasteiger partial charge in [-0.3, -0.25) is 4.98 Å². The van der Waals surface area contributed by atoms with E-state index in [1.807, 2.05) is 18.2 Å². The topological polar surface area (TPSA) is 59.4 Å². The number of rotatable bonds is 2. The SMILES string of the molecule is C=CO[P+](=O)O.c1ccncc1. The van der Waals surface area contributed by atoms with Gasteiger partial charge in [-0.1, -0.05) is 12.6 Å². The molecule has 0 fully saturated rings. The van der Waals surface area contributed by atoms with E-state index < -0.39 is 8.25 Å². The zero-order chi connectivity index (χ0) is 9.23. The van der Waals surface area contributed by atoms with Gasteiger partial charge in [0.05, 0.1) is 0 Å². The molecule has 64 valence electrons. The predicted molar refractivity (Wildman–Crippen MR) is 45.3 cm³/mol. The highest BCUT2D eigenvalue weighted by molar-refractivity contribution is 7.32. The van der Waals surface area contributed by atoms with Crippen LogP contribution in [0.15, 0.2) is 43.4 Å². The van der Waals surface area contributed by atoms with Crippen LogP contribution in [0.3, 0.4) is 0 Å². The zero-order valence-corrected chi connectivity index (χ0v) is 7.22. The Hall–Kier alpha value is -1.25. The first-order valence-electron chi connectivity index (χ1n) is 3.06. The molecule has 0 aromatic carbocycles. The molecule has 0 saturated heterocycles. The molecule has 0 saturated carbocycles. The minimum absolute atomic E-state index is 0.915. The summed E-state index contributed by atoms with van der Waals surface area (Å²) in [5, 5.41) is 0. The highest BCUT2D eigenvalue weighted by Gasteiger charge is 2.05. The van der Waals surface area contributed by atoms with E-state index >= 15 is 0 Å². The van der Waals surface area contributed by atoms with Gasteiger partial charge in [-0.15, -0.1) is 4.89 Å². The van der Waals surface area contributed by atoms with Crippen molar-refractivity contribution in [2.45, 2.75) is 0 Å². The first kappa shape index (κ1) is 10.8. The van der Waals surface area contributed by atoms with Crippen LogP contribution in [0.25, 0.3) is 0 Å². The minimum Gasteiger partial charge on any atom is -0.265 e. The van der Waals surface area contributed by atoms with Gasteiger partial charge in [0.2, 0.25) is 0 Å². The summed E-state index contributed by atoms with van der Waals surface area (Å²) in [5.74, 6) is 0. The lowest BCUT2D eigenvalue weighted by atomic mass is 10.5. The predicted octanol–water partition coefficient (Wildman–Crippen LogP) is 1.88. The van der Waals surface area contributed by atoms with Crippen molar-refractivity contribution in [2.75, 3.05) is 0 Å². The Morgan fingerprint density at radius 3 is 2.08 bits per heavy atom. The van der Waals surface area contributed by atoms with Gasteiger partial charge in [-0.25, -0.2) is 4.52 Å². The van der Waals surface area contributed by atoms with Crippen LogP contribution in [0.2, 0.25) is 0 Å². The summed E-state index contributed by atoms with van der Waals surface area (Å²) in [6.07, 6.45) is 4.42. The van der Waals surface area contributed by atoms with Gasteiger partial charge < -0.3 is 0 Å². The van der Waals surface area contributed by atoms with Crippen LogP contribution in [0.5, 0.6) is 0 Å². The smallest absolute Gasteiger partial charge is 0.265 e. The molecule has 1 heterocycles. The van der Waals surface area contributed by atoms with Crippen molar-refractivity contribution in [3.05, 3.63) is 43.4 Å². The van der Waals surface area contributed by atoms with Crippen LogP contribution < -0.4 is 0 Å². The number of pyridine rings is 1. The molecule has 5 heteroatoms. The lowest BCUT2D eigenvalue weighted by Crippen LogP contribution is -1.58. The maximum atomic E-state index is 9.45. The largest absolute Gasteiger partial charge is 0.746 e. The van der Waals surface area contributed by atoms with Crippen LogP contribution in [0, 0.1) is 0 Å². The van der Waals surface area contributed by atoms with Crippen molar-refractivity contribution < 1.29 is 14.0 Å². The van der Waals surface area contributed by atoms with Crippen molar-refractivity contribution in [1.29, 1.82) is 0 Å². The minimum atomic E-state index is -2.47. The van der Waals surface area contributed by atoms with Gasteiger partial charge >= 0.3 is 8.25 Å². The lowest BCUT2D eigenvalue weighted by molar-refractivity contribution is 0.379. The van der Waals surface area contributed by atoms with Crippen LogP contribution in [0.1, 0.15) is 0 Å². The molecule has 1 rings (SSSR count). The van der Waals surface area contributed by atoms with E-state index in [2.05, 4.69) is 16.1 Å². The Kier molecular flexibility index (Phi) is 7.03. The Balaban J connectivity index is 0.000000202. The Bertz CT molecular complexity index is 201. The van der Waals surface area contributed by atoms with E-state index in [4.69, 9.17) is 4.89 Å². The second kappa shape index (κ2) is 7.85. The fourth-order valence-corrected chi connectivity index (χ4v) is 0.504. The number of hydrogen-bond donors (Lipinski definition) is 1. The third-order valence-corrected chi connectivity index (χ3v) is 1.06. The summed E-state index contributed by atoms with van der Waals surface area (Å²) in [6, 6.07) is 5.72. The highest BCUT2D eigenvalue weighted by Crippen LogP contribution is 2.12. The average Bonchev–Trinajstić information content (AvgIpc) is 2.08. The van der Waals surface area contributed by atoms with Crippen molar-refractivity contribution in [3.8, 4) is 0 Å². The Morgan fingerprint density at radius 1 is 1.42 bits per heavy atom. The molecule has 0 aliphatic carbocycles. The second-order valence-corrected chi connectivity index (χ2v) is 2.22. The summed E-state index contributed by atoms with van der Waals surface area (Å²) in [5.41, 5.74) is 0. The molecular formula is C7H9NO3P+. The van der Waals surface area contributed by atoms with E-state index in [1.165, 1.54) is 0 Å². The monoisotopic (exact) mass is 186 g/mol. The third kappa shape index (κ3) is 8.75. The summed E-state index contributed by atoms with van der Waals surface area (Å²) < 4.78 is 13.3. The molecule has 0 aliphatic heterocycles. The molecule has 0 bridgehead atoms. The summed E-state index contributed by atoms with van der Waals surface area (Å²) in [7, 11) is -2.47. The second-order valence-electron chi connectivity index (χ2n) is 1.53. The third-order valence-electron chi connectivity index (χ3n) is 0.731. The van der Waals surface area contributed by atoms with Crippen molar-refractivity contribution in [1.82, 2.24) is 4.98 Å². The highest BCUT2D eigenvalue weighted by atomic mass is 31.1. The van der Waals surface area contributed by atoms with Crippen molar-refractivity contribution in [3.63, 3.8) is 0 Å². The quantitative estimate of drug-likeness (QED) is 0.565. The van der Waals surface area contributed by atoms with Crippen LogP contribution >= 0.6 is 8.25 Å². The van der Waals surface area contributed by atoms with Crippen LogP contribution in [0.4, 0.5) is 0 Å². The standard InChI is InChI=1S/C5H5N.C2H3O3P/c1-2-4-6-5-3-1;1-2-5-6(3)4/h1-5H;2H,1H2/p+1. The van der Waals surface area contributed by atoms with Gasteiger partial charge in [0.25, 0.3) is 0 Å². The molecule has 1 N–H and O–H groups in total. The van der Waals surface area contributed by atoms with Crippen LogP contribution in [-0.4, -0.2) is 9.88 Å². The van der Waals surface area contributed by atoms with E-state index in [0.29, 0.717) is 0 Å². The normalized spacial score (nSPS) is 8.92. The number of hydrogen-bond acceptors (Lipinski definition) is 3. The molecule has 12 heavy (non-hydrogen) atoms. The first-order valence-corrected chi connectivity index (χ1v) is 4.19. The lowest BCUT2D eigenvalue weighted by Gasteiger charge is -1.70. The molecule has 0 spiro atoms. The summed E-state index contributed by atoms with van der Waals surface area (Å²) in [4.78, 5) is 11.6. The molecule has 1 atom stereocenters. The molecule has 0 radical (unpaired) electrons.